The molecule has 0 spiro atoms. The van der Waals surface area contributed by atoms with Crippen molar-refractivity contribution in [3.05, 3.63) is 29.3 Å². The Bertz CT molecular complexity index is 1110. The summed E-state index contributed by atoms with van der Waals surface area (Å²) in [6.45, 7) is 1.93. The van der Waals surface area contributed by atoms with Gasteiger partial charge in [-0.2, -0.15) is 4.31 Å². The highest BCUT2D eigenvalue weighted by Gasteiger charge is 2.42. The number of benzene rings is 1. The number of sulfone groups is 1. The number of hydrogen-bond acceptors (Lipinski definition) is 6. The Kier molecular flexibility index (Phi) is 5.84. The number of amides is 1. The minimum atomic E-state index is -3.54. The average molecular weight is 482 g/mol. The van der Waals surface area contributed by atoms with E-state index in [1.54, 1.807) is 6.07 Å². The summed E-state index contributed by atoms with van der Waals surface area (Å²) >= 11 is 0. The fourth-order valence-electron chi connectivity index (χ4n) is 5.31. The van der Waals surface area contributed by atoms with Crippen molar-refractivity contribution < 1.29 is 21.6 Å². The molecule has 5 rings (SSSR count). The number of fused-ring (bicyclic) bond motifs is 1. The molecular weight excluding hydrogens is 450 g/mol. The molecule has 0 aromatic heterocycles. The van der Waals surface area contributed by atoms with Gasteiger partial charge in [0.2, 0.25) is 15.9 Å². The highest BCUT2D eigenvalue weighted by Crippen LogP contribution is 2.32. The number of hydrogen-bond donors (Lipinski definition) is 0. The highest BCUT2D eigenvalue weighted by atomic mass is 32.2. The van der Waals surface area contributed by atoms with E-state index >= 15 is 0 Å². The van der Waals surface area contributed by atoms with Gasteiger partial charge in [0.25, 0.3) is 0 Å². The third-order valence-electron chi connectivity index (χ3n) is 7.23. The summed E-state index contributed by atoms with van der Waals surface area (Å²) in [4.78, 5) is 17.2. The Morgan fingerprint density at radius 1 is 1.00 bits per heavy atom. The Morgan fingerprint density at radius 3 is 2.38 bits per heavy atom. The second-order valence-corrected chi connectivity index (χ2v) is 13.7. The van der Waals surface area contributed by atoms with E-state index < -0.39 is 19.9 Å². The molecule has 2 aliphatic carbocycles. The molecule has 10 heteroatoms. The van der Waals surface area contributed by atoms with Gasteiger partial charge in [0, 0.05) is 38.3 Å². The van der Waals surface area contributed by atoms with E-state index in [2.05, 4.69) is 0 Å². The summed E-state index contributed by atoms with van der Waals surface area (Å²) in [6, 6.07) is 5.46. The maximum atomic E-state index is 13.1. The third kappa shape index (κ3) is 4.47. The molecule has 1 amide bonds. The summed E-state index contributed by atoms with van der Waals surface area (Å²) < 4.78 is 51.6. The Morgan fingerprint density at radius 2 is 1.72 bits per heavy atom. The van der Waals surface area contributed by atoms with Crippen molar-refractivity contribution in [1.29, 1.82) is 0 Å². The first-order chi connectivity index (χ1) is 15.2. The van der Waals surface area contributed by atoms with Crippen LogP contribution in [-0.2, 0) is 37.5 Å². The lowest BCUT2D eigenvalue weighted by molar-refractivity contribution is -0.135. The van der Waals surface area contributed by atoms with Gasteiger partial charge in [0.15, 0.2) is 9.84 Å². The van der Waals surface area contributed by atoms with Crippen LogP contribution in [0.2, 0.25) is 0 Å². The molecule has 1 atom stereocenters. The van der Waals surface area contributed by atoms with Gasteiger partial charge in [-0.15, -0.1) is 0 Å². The third-order valence-corrected chi connectivity index (χ3v) is 10.9. The predicted octanol–water partition coefficient (Wildman–Crippen LogP) is 0.660. The quantitative estimate of drug-likeness (QED) is 0.593. The zero-order valence-corrected chi connectivity index (χ0v) is 19.9. The lowest BCUT2D eigenvalue weighted by atomic mass is 10.1. The molecule has 0 radical (unpaired) electrons. The summed E-state index contributed by atoms with van der Waals surface area (Å²) in [5, 5.41) is 0. The average Bonchev–Trinajstić information content (AvgIpc) is 3.35. The molecular formula is C22H31N3O5S2. The first-order valence-electron chi connectivity index (χ1n) is 11.6. The molecule has 0 N–H and O–H groups in total. The van der Waals surface area contributed by atoms with Crippen molar-refractivity contribution in [3.8, 4) is 0 Å². The van der Waals surface area contributed by atoms with Gasteiger partial charge in [-0.05, 0) is 61.8 Å². The highest BCUT2D eigenvalue weighted by molar-refractivity contribution is 7.91. The normalized spacial score (nSPS) is 26.2. The van der Waals surface area contributed by atoms with E-state index in [4.69, 9.17) is 0 Å². The van der Waals surface area contributed by atoms with Crippen molar-refractivity contribution in [2.24, 2.45) is 0 Å². The summed E-state index contributed by atoms with van der Waals surface area (Å²) in [7, 11) is -6.58. The fraction of sp³-hybridized carbons (Fsp3) is 0.682. The molecule has 8 nitrogen and oxygen atoms in total. The number of carbonyl (C=O) groups is 1. The van der Waals surface area contributed by atoms with E-state index in [0.29, 0.717) is 37.5 Å². The molecule has 2 heterocycles. The van der Waals surface area contributed by atoms with Crippen molar-refractivity contribution in [2.45, 2.75) is 55.5 Å². The van der Waals surface area contributed by atoms with E-state index in [1.165, 1.54) is 9.87 Å². The SMILES string of the molecule is O=C(CN1CCN(S(=O)(=O)c2ccc3c(c2)CCC3)CC1)N(C1CC1)C1CCS(=O)(=O)C1. The van der Waals surface area contributed by atoms with E-state index in [0.717, 1.165) is 37.7 Å². The second-order valence-electron chi connectivity index (χ2n) is 9.55. The second kappa shape index (κ2) is 8.38. The van der Waals surface area contributed by atoms with Crippen LogP contribution in [0.15, 0.2) is 23.1 Å². The molecule has 1 unspecified atom stereocenters. The van der Waals surface area contributed by atoms with Crippen LogP contribution in [0.1, 0.15) is 36.8 Å². The van der Waals surface area contributed by atoms with Crippen LogP contribution in [0.25, 0.3) is 0 Å². The Hall–Kier alpha value is -1.49. The standard InChI is InChI=1S/C22H31N3O5S2/c26-22(25(19-5-6-19)20-8-13-31(27,28)16-20)15-23-9-11-24(12-10-23)32(29,30)21-7-4-17-2-1-3-18(17)14-21/h4,7,14,19-20H,1-3,5-6,8-13,15-16H2. The zero-order chi connectivity index (χ0) is 22.5. The summed E-state index contributed by atoms with van der Waals surface area (Å²) in [6.07, 6.45) is 5.44. The molecule has 2 saturated heterocycles. The molecule has 4 aliphatic rings. The van der Waals surface area contributed by atoms with Crippen molar-refractivity contribution in [3.63, 3.8) is 0 Å². The van der Waals surface area contributed by atoms with Crippen LogP contribution < -0.4 is 0 Å². The first-order valence-corrected chi connectivity index (χ1v) is 14.8. The maximum absolute atomic E-state index is 13.1. The van der Waals surface area contributed by atoms with E-state index in [9.17, 15) is 21.6 Å². The topological polar surface area (TPSA) is 95.1 Å². The Balaban J connectivity index is 1.20. The molecule has 1 saturated carbocycles. The van der Waals surface area contributed by atoms with Gasteiger partial charge < -0.3 is 4.90 Å². The molecule has 176 valence electrons. The van der Waals surface area contributed by atoms with Crippen LogP contribution >= 0.6 is 0 Å². The Labute approximate surface area is 190 Å². The van der Waals surface area contributed by atoms with Crippen LogP contribution in [0, 0.1) is 0 Å². The van der Waals surface area contributed by atoms with Gasteiger partial charge in [-0.3, -0.25) is 9.69 Å². The molecule has 0 bridgehead atoms. The summed E-state index contributed by atoms with van der Waals surface area (Å²) in [5.74, 6) is 0.208. The number of piperazine rings is 1. The van der Waals surface area contributed by atoms with Crippen LogP contribution in [0.3, 0.4) is 0 Å². The first kappa shape index (κ1) is 22.3. The van der Waals surface area contributed by atoms with Crippen LogP contribution in [0.4, 0.5) is 0 Å². The van der Waals surface area contributed by atoms with Crippen LogP contribution in [0.5, 0.6) is 0 Å². The minimum absolute atomic E-state index is 0.0236. The molecule has 2 aliphatic heterocycles. The van der Waals surface area contributed by atoms with E-state index in [1.807, 2.05) is 21.9 Å². The number of rotatable bonds is 6. The lowest BCUT2D eigenvalue weighted by Gasteiger charge is -2.36. The van der Waals surface area contributed by atoms with Gasteiger partial charge >= 0.3 is 0 Å². The van der Waals surface area contributed by atoms with Crippen molar-refractivity contribution in [1.82, 2.24) is 14.1 Å². The van der Waals surface area contributed by atoms with Gasteiger partial charge in [0.05, 0.1) is 22.9 Å². The smallest absolute Gasteiger partial charge is 0.243 e. The minimum Gasteiger partial charge on any atom is -0.335 e. The number of nitrogens with zero attached hydrogens (tertiary/aromatic N) is 3. The maximum Gasteiger partial charge on any atom is 0.243 e. The molecule has 3 fully saturated rings. The fourth-order valence-corrected chi connectivity index (χ4v) is 8.50. The molecule has 1 aromatic rings. The zero-order valence-electron chi connectivity index (χ0n) is 18.3. The number of carbonyl (C=O) groups excluding carboxylic acids is 1. The van der Waals surface area contributed by atoms with Gasteiger partial charge in [-0.25, -0.2) is 16.8 Å². The summed E-state index contributed by atoms with van der Waals surface area (Å²) in [5.41, 5.74) is 2.40. The monoisotopic (exact) mass is 481 g/mol. The molecule has 1 aromatic carbocycles. The van der Waals surface area contributed by atoms with Crippen molar-refractivity contribution >= 4 is 25.8 Å². The van der Waals surface area contributed by atoms with Crippen LogP contribution in [-0.4, -0.2) is 93.2 Å². The predicted molar refractivity (Wildman–Crippen MR) is 121 cm³/mol. The van der Waals surface area contributed by atoms with E-state index in [-0.39, 0.29) is 36.0 Å². The lowest BCUT2D eigenvalue weighted by Crippen LogP contribution is -2.53. The number of aryl methyl sites for hydroxylation is 2. The van der Waals surface area contributed by atoms with Crippen molar-refractivity contribution in [2.75, 3.05) is 44.2 Å². The van der Waals surface area contributed by atoms with Gasteiger partial charge in [0.1, 0.15) is 0 Å². The van der Waals surface area contributed by atoms with Gasteiger partial charge in [-0.1, -0.05) is 6.07 Å². The number of sulfonamides is 1. The largest absolute Gasteiger partial charge is 0.335 e. The molecule has 32 heavy (non-hydrogen) atoms.